The van der Waals surface area contributed by atoms with Gasteiger partial charge >= 0.3 is 0 Å². The Bertz CT molecular complexity index is 522. The number of para-hydroxylation sites is 1. The van der Waals surface area contributed by atoms with E-state index in [9.17, 15) is 0 Å². The van der Waals surface area contributed by atoms with E-state index in [1.165, 1.54) is 5.56 Å². The van der Waals surface area contributed by atoms with E-state index < -0.39 is 0 Å². The van der Waals surface area contributed by atoms with Crippen LogP contribution in [0, 0.1) is 0 Å². The van der Waals surface area contributed by atoms with E-state index in [0.29, 0.717) is 6.61 Å². The lowest BCUT2D eigenvalue weighted by molar-refractivity contribution is 0.293. The van der Waals surface area contributed by atoms with Gasteiger partial charge in [-0.2, -0.15) is 0 Å². The van der Waals surface area contributed by atoms with Gasteiger partial charge in [0.15, 0.2) is 0 Å². The molecule has 1 aromatic heterocycles. The van der Waals surface area contributed by atoms with Crippen molar-refractivity contribution in [2.45, 2.75) is 33.4 Å². The Hall–Kier alpha value is -1.81. The Balaban J connectivity index is 1.90. The molecule has 0 radical (unpaired) electrons. The van der Waals surface area contributed by atoms with Crippen molar-refractivity contribution in [1.29, 1.82) is 0 Å². The molecule has 2 rings (SSSR count). The standard InChI is InChI=1S/C16H23N3O/c1-3-16-18-9-10-19(16)11-12-20-15-8-6-5-7-14(15)13-17-4-2/h5-10,17H,3-4,11-13H2,1-2H3. The van der Waals surface area contributed by atoms with Crippen LogP contribution in [-0.4, -0.2) is 22.7 Å². The van der Waals surface area contributed by atoms with Crippen molar-refractivity contribution in [3.05, 3.63) is 48.0 Å². The summed E-state index contributed by atoms with van der Waals surface area (Å²) in [5.74, 6) is 2.07. The quantitative estimate of drug-likeness (QED) is 0.803. The third-order valence-electron chi connectivity index (χ3n) is 3.25. The van der Waals surface area contributed by atoms with Crippen LogP contribution < -0.4 is 10.1 Å². The van der Waals surface area contributed by atoms with Gasteiger partial charge in [-0.05, 0) is 12.6 Å². The number of nitrogens with zero attached hydrogens (tertiary/aromatic N) is 2. The average Bonchev–Trinajstić information content (AvgIpc) is 2.94. The first-order chi connectivity index (χ1) is 9.85. The van der Waals surface area contributed by atoms with Gasteiger partial charge in [0.2, 0.25) is 0 Å². The summed E-state index contributed by atoms with van der Waals surface area (Å²) >= 11 is 0. The van der Waals surface area contributed by atoms with E-state index in [2.05, 4.69) is 34.8 Å². The van der Waals surface area contributed by atoms with Gasteiger partial charge in [-0.15, -0.1) is 0 Å². The van der Waals surface area contributed by atoms with Crippen molar-refractivity contribution in [3.63, 3.8) is 0 Å². The summed E-state index contributed by atoms with van der Waals surface area (Å²) in [7, 11) is 0. The number of aromatic nitrogens is 2. The Morgan fingerprint density at radius 1 is 1.25 bits per heavy atom. The Kier molecular flexibility index (Phi) is 5.62. The maximum atomic E-state index is 5.92. The van der Waals surface area contributed by atoms with Crippen LogP contribution in [0.5, 0.6) is 5.75 Å². The van der Waals surface area contributed by atoms with Gasteiger partial charge in [0.05, 0.1) is 6.54 Å². The van der Waals surface area contributed by atoms with Gasteiger partial charge < -0.3 is 14.6 Å². The smallest absolute Gasteiger partial charge is 0.123 e. The summed E-state index contributed by atoms with van der Waals surface area (Å²) < 4.78 is 8.06. The van der Waals surface area contributed by atoms with Gasteiger partial charge in [0, 0.05) is 30.9 Å². The number of benzene rings is 1. The number of aryl methyl sites for hydroxylation is 1. The van der Waals surface area contributed by atoms with Crippen LogP contribution in [0.2, 0.25) is 0 Å². The number of rotatable bonds is 8. The van der Waals surface area contributed by atoms with Crippen LogP contribution >= 0.6 is 0 Å². The number of hydrogen-bond acceptors (Lipinski definition) is 3. The monoisotopic (exact) mass is 273 g/mol. The lowest BCUT2D eigenvalue weighted by Gasteiger charge is -2.12. The molecule has 1 heterocycles. The number of imidazole rings is 1. The molecule has 0 saturated carbocycles. The minimum atomic E-state index is 0.659. The number of ether oxygens (including phenoxy) is 1. The highest BCUT2D eigenvalue weighted by molar-refractivity contribution is 5.33. The molecule has 108 valence electrons. The third kappa shape index (κ3) is 3.84. The molecule has 1 aromatic carbocycles. The summed E-state index contributed by atoms with van der Waals surface area (Å²) in [6, 6.07) is 8.19. The Morgan fingerprint density at radius 2 is 2.10 bits per heavy atom. The molecule has 0 aliphatic carbocycles. The maximum absolute atomic E-state index is 5.92. The summed E-state index contributed by atoms with van der Waals surface area (Å²) in [4.78, 5) is 4.32. The molecule has 4 heteroatoms. The average molecular weight is 273 g/mol. The second-order valence-electron chi connectivity index (χ2n) is 4.63. The van der Waals surface area contributed by atoms with Gasteiger partial charge in [-0.25, -0.2) is 4.98 Å². The SMILES string of the molecule is CCNCc1ccccc1OCCn1ccnc1CC. The highest BCUT2D eigenvalue weighted by atomic mass is 16.5. The number of nitrogens with one attached hydrogen (secondary N) is 1. The summed E-state index contributed by atoms with van der Waals surface area (Å²) in [5, 5.41) is 3.33. The zero-order valence-corrected chi connectivity index (χ0v) is 12.3. The predicted octanol–water partition coefficient (Wildman–Crippen LogP) is 2.63. The van der Waals surface area contributed by atoms with Gasteiger partial charge in [0.1, 0.15) is 18.2 Å². The first-order valence-corrected chi connectivity index (χ1v) is 7.26. The van der Waals surface area contributed by atoms with E-state index in [1.54, 1.807) is 0 Å². The van der Waals surface area contributed by atoms with Gasteiger partial charge in [-0.3, -0.25) is 0 Å². The van der Waals surface area contributed by atoms with E-state index in [0.717, 1.165) is 37.6 Å². The Labute approximate surface area is 120 Å². The minimum absolute atomic E-state index is 0.659. The first-order valence-electron chi connectivity index (χ1n) is 7.26. The van der Waals surface area contributed by atoms with Crippen LogP contribution in [0.1, 0.15) is 25.2 Å². The Morgan fingerprint density at radius 3 is 2.90 bits per heavy atom. The largest absolute Gasteiger partial charge is 0.491 e. The molecule has 2 aromatic rings. The lowest BCUT2D eigenvalue weighted by Crippen LogP contribution is -2.14. The molecule has 0 atom stereocenters. The lowest BCUT2D eigenvalue weighted by atomic mass is 10.2. The summed E-state index contributed by atoms with van der Waals surface area (Å²) in [5.41, 5.74) is 1.20. The summed E-state index contributed by atoms with van der Waals surface area (Å²) in [6.45, 7) is 7.52. The molecular weight excluding hydrogens is 250 g/mol. The molecule has 0 unspecified atom stereocenters. The normalized spacial score (nSPS) is 10.7. The van der Waals surface area contributed by atoms with Crippen molar-refractivity contribution in [3.8, 4) is 5.75 Å². The molecule has 0 saturated heterocycles. The highest BCUT2D eigenvalue weighted by Gasteiger charge is 2.03. The predicted molar refractivity (Wildman–Crippen MR) is 80.9 cm³/mol. The molecule has 0 amide bonds. The van der Waals surface area contributed by atoms with Crippen molar-refractivity contribution in [1.82, 2.24) is 14.9 Å². The van der Waals surface area contributed by atoms with E-state index in [-0.39, 0.29) is 0 Å². The molecular formula is C16H23N3O. The fraction of sp³-hybridized carbons (Fsp3) is 0.438. The minimum Gasteiger partial charge on any atom is -0.491 e. The zero-order valence-electron chi connectivity index (χ0n) is 12.3. The summed E-state index contributed by atoms with van der Waals surface area (Å²) in [6.07, 6.45) is 4.80. The van der Waals surface area contributed by atoms with Crippen LogP contribution in [-0.2, 0) is 19.5 Å². The fourth-order valence-corrected chi connectivity index (χ4v) is 2.16. The molecule has 4 nitrogen and oxygen atoms in total. The second kappa shape index (κ2) is 7.70. The maximum Gasteiger partial charge on any atom is 0.123 e. The molecule has 0 fully saturated rings. The zero-order chi connectivity index (χ0) is 14.2. The number of hydrogen-bond donors (Lipinski definition) is 1. The topological polar surface area (TPSA) is 39.1 Å². The highest BCUT2D eigenvalue weighted by Crippen LogP contribution is 2.17. The van der Waals surface area contributed by atoms with Crippen LogP contribution in [0.25, 0.3) is 0 Å². The second-order valence-corrected chi connectivity index (χ2v) is 4.63. The molecule has 0 aliphatic heterocycles. The van der Waals surface area contributed by atoms with Gasteiger partial charge in [-0.1, -0.05) is 32.0 Å². The van der Waals surface area contributed by atoms with E-state index in [4.69, 9.17) is 4.74 Å². The van der Waals surface area contributed by atoms with Gasteiger partial charge in [0.25, 0.3) is 0 Å². The van der Waals surface area contributed by atoms with Crippen molar-refractivity contribution >= 4 is 0 Å². The molecule has 0 bridgehead atoms. The van der Waals surface area contributed by atoms with Crippen molar-refractivity contribution < 1.29 is 4.74 Å². The van der Waals surface area contributed by atoms with E-state index >= 15 is 0 Å². The first kappa shape index (κ1) is 14.6. The van der Waals surface area contributed by atoms with Crippen molar-refractivity contribution in [2.75, 3.05) is 13.2 Å². The molecule has 1 N–H and O–H groups in total. The van der Waals surface area contributed by atoms with Crippen LogP contribution in [0.3, 0.4) is 0 Å². The van der Waals surface area contributed by atoms with Crippen molar-refractivity contribution in [2.24, 2.45) is 0 Å². The molecule has 0 aliphatic rings. The molecule has 0 spiro atoms. The molecule has 20 heavy (non-hydrogen) atoms. The van der Waals surface area contributed by atoms with Crippen LogP contribution in [0.4, 0.5) is 0 Å². The van der Waals surface area contributed by atoms with Crippen LogP contribution in [0.15, 0.2) is 36.7 Å². The third-order valence-corrected chi connectivity index (χ3v) is 3.25. The van der Waals surface area contributed by atoms with E-state index in [1.807, 2.05) is 30.6 Å². The fourth-order valence-electron chi connectivity index (χ4n) is 2.16.